The van der Waals surface area contributed by atoms with Gasteiger partial charge in [-0.15, -0.1) is 0 Å². The second-order valence-electron chi connectivity index (χ2n) is 8.49. The van der Waals surface area contributed by atoms with Crippen LogP contribution in [0.4, 0.5) is 0 Å². The lowest BCUT2D eigenvalue weighted by Gasteiger charge is -2.10. The van der Waals surface area contributed by atoms with E-state index in [2.05, 4.69) is 4.98 Å². The minimum Gasteiger partial charge on any atom is -0.503 e. The van der Waals surface area contributed by atoms with Crippen LogP contribution in [0.2, 0.25) is 5.02 Å². The number of furan rings is 1. The molecule has 6 rings (SSSR count). The number of carbonyl (C=O) groups is 1. The molecule has 9 heteroatoms. The second kappa shape index (κ2) is 9.41. The molecule has 0 fully saturated rings. The minimum atomic E-state index is -0.580. The Morgan fingerprint density at radius 3 is 2.37 bits per heavy atom. The molecule has 0 unspecified atom stereocenters. The van der Waals surface area contributed by atoms with E-state index >= 15 is 0 Å². The fourth-order valence-electron chi connectivity index (χ4n) is 4.21. The zero-order chi connectivity index (χ0) is 26.4. The van der Waals surface area contributed by atoms with Gasteiger partial charge in [0.15, 0.2) is 16.6 Å². The highest BCUT2D eigenvalue weighted by molar-refractivity contribution is 7.21. The van der Waals surface area contributed by atoms with Gasteiger partial charge >= 0.3 is 0 Å². The Morgan fingerprint density at radius 2 is 1.68 bits per heavy atom. The number of benzene rings is 3. The SMILES string of the molecule is Cc1ccc(C(=O)c2c(O)c(O)n(-c3nc4c(Cl)cccc4s3)c2-c2ccc(Oc3ccccc3)cc2)o1. The Kier molecular flexibility index (Phi) is 5.90. The number of carbonyl (C=O) groups excluding carboxylic acids is 1. The van der Waals surface area contributed by atoms with Crippen LogP contribution in [0.3, 0.4) is 0 Å². The largest absolute Gasteiger partial charge is 0.503 e. The summed E-state index contributed by atoms with van der Waals surface area (Å²) in [4.78, 5) is 18.2. The third kappa shape index (κ3) is 4.09. The van der Waals surface area contributed by atoms with E-state index in [4.69, 9.17) is 20.8 Å². The number of aromatic hydroxyl groups is 2. The summed E-state index contributed by atoms with van der Waals surface area (Å²) >= 11 is 7.61. The van der Waals surface area contributed by atoms with Crippen LogP contribution < -0.4 is 4.74 Å². The first-order chi connectivity index (χ1) is 18.4. The predicted molar refractivity (Wildman–Crippen MR) is 146 cm³/mol. The lowest BCUT2D eigenvalue weighted by molar-refractivity contribution is 0.101. The fraction of sp³-hybridized carbons (Fsp3) is 0.0345. The summed E-state index contributed by atoms with van der Waals surface area (Å²) in [5.74, 6) is 0.153. The number of halogens is 1. The predicted octanol–water partition coefficient (Wildman–Crippen LogP) is 7.74. The van der Waals surface area contributed by atoms with Crippen molar-refractivity contribution in [2.75, 3.05) is 0 Å². The summed E-state index contributed by atoms with van der Waals surface area (Å²) in [7, 11) is 0. The monoisotopic (exact) mass is 542 g/mol. The molecule has 2 N–H and O–H groups in total. The smallest absolute Gasteiger partial charge is 0.242 e. The van der Waals surface area contributed by atoms with Gasteiger partial charge in [0.1, 0.15) is 22.8 Å². The average Bonchev–Trinajstić information content (AvgIpc) is 3.62. The number of fused-ring (bicyclic) bond motifs is 1. The molecule has 38 heavy (non-hydrogen) atoms. The Labute approximate surface area is 225 Å². The molecule has 0 bridgehead atoms. The summed E-state index contributed by atoms with van der Waals surface area (Å²) < 4.78 is 13.6. The number of hydrogen-bond acceptors (Lipinski definition) is 7. The summed E-state index contributed by atoms with van der Waals surface area (Å²) in [6.07, 6.45) is 0. The summed E-state index contributed by atoms with van der Waals surface area (Å²) in [6.45, 7) is 1.72. The molecule has 0 aliphatic carbocycles. The lowest BCUT2D eigenvalue weighted by Crippen LogP contribution is -2.04. The topological polar surface area (TPSA) is 97.7 Å². The van der Waals surface area contributed by atoms with Crippen LogP contribution in [-0.2, 0) is 0 Å². The van der Waals surface area contributed by atoms with Gasteiger partial charge in [-0.2, -0.15) is 0 Å². The Balaban J connectivity index is 1.53. The number of thiazole rings is 1. The second-order valence-corrected chi connectivity index (χ2v) is 9.91. The number of aryl methyl sites for hydroxylation is 1. The van der Waals surface area contributed by atoms with Crippen LogP contribution in [0.15, 0.2) is 89.3 Å². The van der Waals surface area contributed by atoms with Crippen molar-refractivity contribution in [1.29, 1.82) is 0 Å². The van der Waals surface area contributed by atoms with E-state index in [1.165, 1.54) is 22.0 Å². The Hall–Kier alpha value is -4.53. The molecule has 0 spiro atoms. The van der Waals surface area contributed by atoms with E-state index in [9.17, 15) is 15.0 Å². The molecule has 188 valence electrons. The van der Waals surface area contributed by atoms with Gasteiger partial charge in [0.2, 0.25) is 11.7 Å². The Bertz CT molecular complexity index is 1800. The molecule has 6 aromatic rings. The first-order valence-electron chi connectivity index (χ1n) is 11.6. The van der Waals surface area contributed by atoms with E-state index < -0.39 is 17.4 Å². The lowest BCUT2D eigenvalue weighted by atomic mass is 10.0. The highest BCUT2D eigenvalue weighted by Crippen LogP contribution is 2.46. The number of aromatic nitrogens is 2. The average molecular weight is 543 g/mol. The van der Waals surface area contributed by atoms with Gasteiger partial charge in [-0.05, 0) is 73.2 Å². The van der Waals surface area contributed by atoms with E-state index in [0.717, 1.165) is 4.70 Å². The maximum absolute atomic E-state index is 13.6. The summed E-state index contributed by atoms with van der Waals surface area (Å²) in [5, 5.41) is 22.9. The third-order valence-electron chi connectivity index (χ3n) is 5.97. The van der Waals surface area contributed by atoms with Gasteiger partial charge < -0.3 is 19.4 Å². The van der Waals surface area contributed by atoms with Crippen molar-refractivity contribution in [2.24, 2.45) is 0 Å². The molecule has 0 aliphatic heterocycles. The summed E-state index contributed by atoms with van der Waals surface area (Å²) in [6, 6.07) is 24.9. The normalized spacial score (nSPS) is 11.2. The quantitative estimate of drug-likeness (QED) is 0.209. The van der Waals surface area contributed by atoms with Crippen LogP contribution >= 0.6 is 22.9 Å². The molecule has 3 aromatic carbocycles. The van der Waals surface area contributed by atoms with Crippen LogP contribution in [0.25, 0.3) is 26.6 Å². The molecule has 0 saturated carbocycles. The van der Waals surface area contributed by atoms with Crippen LogP contribution in [0.5, 0.6) is 23.1 Å². The van der Waals surface area contributed by atoms with Crippen molar-refractivity contribution in [1.82, 2.24) is 9.55 Å². The number of para-hydroxylation sites is 2. The van der Waals surface area contributed by atoms with Crippen molar-refractivity contribution >= 4 is 38.9 Å². The molecular formula is C29H19ClN2O5S. The standard InChI is InChI=1S/C29H19ClN2O5S/c1-16-10-15-21(36-16)26(33)23-25(17-11-13-19(14-12-17)37-18-6-3-2-4-7-18)32(28(35)27(23)34)29-31-24-20(30)8-5-9-22(24)38-29/h2-15,34-35H,1H3. The van der Waals surface area contributed by atoms with Crippen LogP contribution in [0.1, 0.15) is 21.9 Å². The van der Waals surface area contributed by atoms with Gasteiger partial charge in [0.25, 0.3) is 0 Å². The zero-order valence-corrected chi connectivity index (χ0v) is 21.5. The number of ether oxygens (including phenoxy) is 1. The maximum atomic E-state index is 13.6. The van der Waals surface area contributed by atoms with Gasteiger partial charge in [-0.25, -0.2) is 4.98 Å². The van der Waals surface area contributed by atoms with Gasteiger partial charge in [-0.1, -0.05) is 47.2 Å². The maximum Gasteiger partial charge on any atom is 0.242 e. The van der Waals surface area contributed by atoms with Gasteiger partial charge in [-0.3, -0.25) is 9.36 Å². The highest BCUT2D eigenvalue weighted by Gasteiger charge is 2.32. The molecule has 3 aromatic heterocycles. The molecule has 0 saturated heterocycles. The van der Waals surface area contributed by atoms with E-state index in [1.807, 2.05) is 36.4 Å². The number of ketones is 1. The number of nitrogens with zero attached hydrogens (tertiary/aromatic N) is 2. The van der Waals surface area contributed by atoms with Crippen LogP contribution in [-0.4, -0.2) is 25.5 Å². The van der Waals surface area contributed by atoms with Gasteiger partial charge in [0, 0.05) is 0 Å². The third-order valence-corrected chi connectivity index (χ3v) is 7.28. The van der Waals surface area contributed by atoms with E-state index in [-0.39, 0.29) is 17.0 Å². The van der Waals surface area contributed by atoms with Crippen LogP contribution in [0, 0.1) is 6.92 Å². The van der Waals surface area contributed by atoms with E-state index in [0.29, 0.717) is 38.5 Å². The Morgan fingerprint density at radius 1 is 0.947 bits per heavy atom. The zero-order valence-electron chi connectivity index (χ0n) is 19.9. The first-order valence-corrected chi connectivity index (χ1v) is 12.8. The number of rotatable bonds is 6. The molecule has 3 heterocycles. The van der Waals surface area contributed by atoms with Crippen molar-refractivity contribution in [2.45, 2.75) is 6.92 Å². The molecular weight excluding hydrogens is 524 g/mol. The highest BCUT2D eigenvalue weighted by atomic mass is 35.5. The van der Waals surface area contributed by atoms with Crippen molar-refractivity contribution < 1.29 is 24.2 Å². The molecule has 0 amide bonds. The van der Waals surface area contributed by atoms with Crippen molar-refractivity contribution in [3.8, 4) is 39.5 Å². The first kappa shape index (κ1) is 23.8. The van der Waals surface area contributed by atoms with Gasteiger partial charge in [0.05, 0.1) is 21.0 Å². The summed E-state index contributed by atoms with van der Waals surface area (Å²) in [5.41, 5.74) is 1.23. The van der Waals surface area contributed by atoms with E-state index in [1.54, 1.807) is 49.4 Å². The molecule has 0 aliphatic rings. The molecule has 7 nitrogen and oxygen atoms in total. The molecule has 0 radical (unpaired) electrons. The minimum absolute atomic E-state index is 0.0348. The molecule has 0 atom stereocenters. The fourth-order valence-corrected chi connectivity index (χ4v) is 5.48. The van der Waals surface area contributed by atoms with Crippen molar-refractivity contribution in [3.63, 3.8) is 0 Å². The number of hydrogen-bond donors (Lipinski definition) is 2. The van der Waals surface area contributed by atoms with Crippen molar-refractivity contribution in [3.05, 3.63) is 107 Å².